The zero-order chi connectivity index (χ0) is 96.3. The summed E-state index contributed by atoms with van der Waals surface area (Å²) < 4.78 is 151. The van der Waals surface area contributed by atoms with Gasteiger partial charge >= 0.3 is 22.8 Å². The van der Waals surface area contributed by atoms with Crippen LogP contribution in [-0.2, 0) is 173 Å². The van der Waals surface area contributed by atoms with Gasteiger partial charge in [-0.1, -0.05) is 59.0 Å². The van der Waals surface area contributed by atoms with Crippen LogP contribution >= 0.6 is 40.4 Å². The second-order valence-electron chi connectivity index (χ2n) is 32.5. The number of hydrogen-bond donors (Lipinski definition) is 8. The third-order valence-corrected chi connectivity index (χ3v) is 33.6. The maximum atomic E-state index is 15.4. The SMILES string of the molecule is COP([O-])(=S)O[C@@H]1C[C@H](n2cnc3c(=O)[nH]c(N)nc32)O[C@@H]1COP([O-])(=S)O[C@@H]1C[C@H](n2cnc3c(N)ncnc32)O[C@@H]1COP([O-])(=S)O[C@@H]1C[C@H](n2cc(C)c(=O)[nH]c2=O)O[C@@H]1COP([O-])(=S)O[C@@H]1C2O[C@@H](C)[C@]1(COP(=O)([S-])O[C@@H]1C3O[C@@H](C)[C@]1(COP([O-])(=S)O[C@@H]1C4O[C@@H](C)[C@]1(CO)O[C@H]4n1cc(C)c(N)nc1=O)O[C@H]3n1cc(C)c(N)nc1=O)O[C@H]2n1cc(C)c(=O)[nH]c1=O. The monoisotopic (exact) mass is 2100 g/mol. The molecule has 9 saturated heterocycles. The molecule has 55 nitrogen and oxygen atoms in total. The van der Waals surface area contributed by atoms with Crippen molar-refractivity contribution in [3.05, 3.63) is 139 Å². The molecule has 0 saturated carbocycles. The van der Waals surface area contributed by atoms with Gasteiger partial charge in [-0.2, -0.15) is 15.0 Å². The molecule has 9 aliphatic heterocycles. The number of nitrogens with one attached hydrogen (secondary N) is 3. The molecular formula is C67H82N20O35P6S6-6. The lowest BCUT2D eigenvalue weighted by Gasteiger charge is -2.42. The van der Waals surface area contributed by atoms with Gasteiger partial charge in [0.1, 0.15) is 147 Å². The van der Waals surface area contributed by atoms with Gasteiger partial charge in [-0.05, 0) is 48.5 Å². The number of aromatic nitrogens is 16. The van der Waals surface area contributed by atoms with Crippen molar-refractivity contribution in [2.45, 2.75) is 213 Å². The molecule has 17 rings (SSSR count). The molecule has 6 bridgehead atoms. The number of rotatable bonds is 35. The Kier molecular flexibility index (Phi) is 27.6. The molecule has 12 N–H and O–H groups in total. The number of nitrogen functional groups attached to an aromatic ring is 4. The van der Waals surface area contributed by atoms with Crippen molar-refractivity contribution in [1.29, 1.82) is 0 Å². The number of nitrogens with zero attached hydrogens (tertiary/aromatic N) is 13. The first-order chi connectivity index (χ1) is 62.9. The van der Waals surface area contributed by atoms with E-state index < -0.39 is 272 Å². The van der Waals surface area contributed by atoms with Gasteiger partial charge in [-0.25, -0.2) is 39.1 Å². The highest BCUT2D eigenvalue weighted by molar-refractivity contribution is 8.32. The van der Waals surface area contributed by atoms with Crippen molar-refractivity contribution in [2.75, 3.05) is 69.7 Å². The first kappa shape index (κ1) is 99.5. The molecule has 9 unspecified atom stereocenters. The van der Waals surface area contributed by atoms with E-state index in [0.717, 1.165) is 44.1 Å². The van der Waals surface area contributed by atoms with E-state index >= 15 is 9.46 Å². The summed E-state index contributed by atoms with van der Waals surface area (Å²) in [7, 11) is 1.04. The van der Waals surface area contributed by atoms with Gasteiger partial charge in [0.05, 0.1) is 88.9 Å². The van der Waals surface area contributed by atoms with Crippen molar-refractivity contribution in [3.8, 4) is 0 Å². The van der Waals surface area contributed by atoms with Gasteiger partial charge in [-0.3, -0.25) is 61.3 Å². The molecule has 0 aromatic carbocycles. The minimum absolute atomic E-state index is 0.00423. The average molecular weight is 2110 g/mol. The number of nitrogens with two attached hydrogens (primary N) is 4. The summed E-state index contributed by atoms with van der Waals surface area (Å²) in [6, 6.07) is 0. The van der Waals surface area contributed by atoms with Crippen molar-refractivity contribution in [1.82, 2.24) is 77.2 Å². The summed E-state index contributed by atoms with van der Waals surface area (Å²) in [4.78, 5) is 201. The van der Waals surface area contributed by atoms with E-state index in [2.05, 4.69) is 49.8 Å². The third kappa shape index (κ3) is 19.1. The Morgan fingerprint density at radius 3 is 1.36 bits per heavy atom. The van der Waals surface area contributed by atoms with Crippen LogP contribution in [0.25, 0.3) is 22.3 Å². The number of ether oxygens (including phenoxy) is 9. The Morgan fingerprint density at radius 1 is 0.470 bits per heavy atom. The number of hydrogen-bond acceptors (Lipinski definition) is 52. The number of anilines is 4. The zero-order valence-electron chi connectivity index (χ0n) is 70.6. The Morgan fingerprint density at radius 2 is 0.866 bits per heavy atom. The van der Waals surface area contributed by atoms with E-state index in [-0.39, 0.29) is 75.3 Å². The smallest absolute Gasteiger partial charge is 0.351 e. The Labute approximate surface area is 783 Å². The van der Waals surface area contributed by atoms with Crippen LogP contribution < -0.4 is 86.8 Å². The zero-order valence-corrected chi connectivity index (χ0v) is 80.9. The lowest BCUT2D eigenvalue weighted by molar-refractivity contribution is -0.240. The van der Waals surface area contributed by atoms with E-state index in [0.29, 0.717) is 5.56 Å². The summed E-state index contributed by atoms with van der Waals surface area (Å²) in [5.74, 6) is -0.525. The normalized spacial score (nSPS) is 34.2. The summed E-state index contributed by atoms with van der Waals surface area (Å²) in [6.07, 6.45) is -22.8. The highest BCUT2D eigenvalue weighted by Crippen LogP contribution is 2.64. The van der Waals surface area contributed by atoms with Crippen molar-refractivity contribution >= 4 is 157 Å². The van der Waals surface area contributed by atoms with Crippen LogP contribution in [0.15, 0.2) is 77.3 Å². The van der Waals surface area contributed by atoms with Gasteiger partial charge in [0.2, 0.25) is 5.95 Å². The minimum Gasteiger partial charge on any atom is -0.780 e. The quantitative estimate of drug-likeness (QED) is 0.0138. The number of fused-ring (bicyclic) bond motifs is 8. The van der Waals surface area contributed by atoms with Gasteiger partial charge in [0.15, 0.2) is 48.1 Å². The van der Waals surface area contributed by atoms with Gasteiger partial charge < -0.3 is 162 Å². The maximum Gasteiger partial charge on any atom is 0.351 e. The first-order valence-corrected chi connectivity index (χ1v) is 55.6. The molecular weight excluding hydrogens is 2020 g/mol. The van der Waals surface area contributed by atoms with Crippen LogP contribution in [0, 0.1) is 27.7 Å². The summed E-state index contributed by atoms with van der Waals surface area (Å²) >= 11 is 32.9. The van der Waals surface area contributed by atoms with Crippen LogP contribution in [0.3, 0.4) is 0 Å². The molecule has 9 aliphatic rings. The van der Waals surface area contributed by atoms with Crippen LogP contribution in [-0.4, -0.2) is 237 Å². The van der Waals surface area contributed by atoms with Gasteiger partial charge in [-0.15, -0.1) is 0 Å². The predicted molar refractivity (Wildman–Crippen MR) is 466 cm³/mol. The number of aromatic amines is 3. The molecule has 9 fully saturated rings. The lowest BCUT2D eigenvalue weighted by Crippen LogP contribution is -2.52. The molecule has 8 aromatic rings. The number of aliphatic hydroxyl groups excluding tert-OH is 1. The maximum absolute atomic E-state index is 15.4. The molecule has 0 amide bonds. The molecule has 0 aliphatic carbocycles. The second kappa shape index (κ2) is 37.1. The largest absolute Gasteiger partial charge is 0.780 e. The van der Waals surface area contributed by atoms with Gasteiger partial charge in [0.25, 0.3) is 16.7 Å². The van der Waals surface area contributed by atoms with E-state index in [9.17, 15) is 58.2 Å². The second-order valence-corrected chi connectivity index (χ2v) is 48.8. The lowest BCUT2D eigenvalue weighted by atomic mass is 9.94. The molecule has 67 heteroatoms. The number of imidazole rings is 2. The van der Waals surface area contributed by atoms with E-state index in [1.807, 2.05) is 0 Å². The highest BCUT2D eigenvalue weighted by atomic mass is 32.7. The standard InChI is InChI=1S/C67H88N20O35P6S6/c1-25-12-83(61(92)76-49(25)68)57-43-46(65(19-88,114-57)29(5)108-43)120-127(100,133)106-21-67-31(7)110-45(58(115-67)84-13-26(2)50(69)77-62(84)93)48(67)122-128(101,134)107-20-66-30(6)109-44(59(116-66)85-15-28(4)55(90)81-64(85)95)47(66)121-126(99,132)105-18-36-33(9-38(111-36)82-14-27(3)54(89)80-63(82)94)118-124(97,130)104-17-37-34(11-39(112-37)86-23-74-41-51(70)72-22-73-52(41)86)119-125(98,131)103-16-35-32(117-123(96,129)102-8)10-40(113-35)87-24-75-42-53(87)78-60(71)79-56(42)91/h12-15,22-24,29-40,43-48,57-59,88H,9-11,16-21H2,1-8H3,(H,96,129)(H,97,130)(H,98,131)(H,99,132)(H,100,133)(H,101,134)(H2,68,76,92)(H2,69,77,93)(H2,70,72,73)(H,80,89,94)(H,81,90,95)(H3,71,78,79,91)/p-6/t29-,30-,31-,32+,33+,34+,35+,36+,37+,38+,39+,40+,43?,44?,45?,46+,47+,48+,57+,58+,59+,65-,66-,67-,123?,124?,125?,126?,127?,128?/m0/s1. The summed E-state index contributed by atoms with van der Waals surface area (Å²) in [6.45, 7) is -24.8. The summed E-state index contributed by atoms with van der Waals surface area (Å²) in [5.41, 5.74) is 12.2. The molecule has 134 heavy (non-hydrogen) atoms. The van der Waals surface area contributed by atoms with Crippen molar-refractivity contribution < 1.29 is 131 Å². The molecule has 732 valence electrons. The van der Waals surface area contributed by atoms with E-state index in [4.69, 9.17) is 191 Å². The Hall–Kier alpha value is -6.03. The van der Waals surface area contributed by atoms with Crippen LogP contribution in [0.2, 0.25) is 0 Å². The first-order valence-electron chi connectivity index (χ1n) is 40.3. The summed E-state index contributed by atoms with van der Waals surface area (Å²) in [5, 5.41) is 11.0. The molecule has 17 heterocycles. The van der Waals surface area contributed by atoms with Gasteiger partial charge in [0, 0.05) is 73.4 Å². The fourth-order valence-corrected chi connectivity index (χ4v) is 25.5. The van der Waals surface area contributed by atoms with Crippen LogP contribution in [0.1, 0.15) is 99.7 Å². The molecule has 0 spiro atoms. The number of H-pyrrole nitrogens is 3. The highest BCUT2D eigenvalue weighted by Gasteiger charge is 2.72. The Bertz CT molecular complexity index is 6740. The fraction of sp³-hybridized carbons (Fsp3) is 0.612. The van der Waals surface area contributed by atoms with E-state index in [1.54, 1.807) is 6.92 Å². The van der Waals surface area contributed by atoms with Crippen LogP contribution in [0.5, 0.6) is 0 Å². The van der Waals surface area contributed by atoms with Crippen LogP contribution in [0.4, 0.5) is 23.4 Å². The molecule has 8 aromatic heterocycles. The topological polar surface area (TPSA) is 737 Å². The fourth-order valence-electron chi connectivity index (χ4n) is 17.3. The van der Waals surface area contributed by atoms with Crippen molar-refractivity contribution in [2.24, 2.45) is 0 Å². The average Bonchev–Trinajstić information content (AvgIpc) is 1.55. The Balaban J connectivity index is 0.615. The molecule has 0 radical (unpaired) electrons. The third-order valence-electron chi connectivity index (χ3n) is 24.2. The molecule has 30 atom stereocenters. The minimum atomic E-state index is -5.24. The number of aryl methyl sites for hydroxylation is 4. The van der Waals surface area contributed by atoms with Crippen molar-refractivity contribution in [3.63, 3.8) is 0 Å². The predicted octanol–water partition coefficient (Wildman–Crippen LogP) is -4.22. The van der Waals surface area contributed by atoms with E-state index in [1.165, 1.54) is 75.7 Å². The number of aliphatic hydroxyl groups is 1.